The molecule has 5 nitrogen and oxygen atoms in total. The van der Waals surface area contributed by atoms with E-state index in [1.165, 1.54) is 0 Å². The lowest BCUT2D eigenvalue weighted by atomic mass is 10.1. The van der Waals surface area contributed by atoms with E-state index in [2.05, 4.69) is 0 Å². The molecule has 2 atom stereocenters. The second kappa shape index (κ2) is 8.30. The van der Waals surface area contributed by atoms with Crippen molar-refractivity contribution in [2.24, 2.45) is 0 Å². The Morgan fingerprint density at radius 1 is 1.16 bits per heavy atom. The molecule has 0 spiro atoms. The van der Waals surface area contributed by atoms with Crippen LogP contribution in [0.4, 0.5) is 0 Å². The Labute approximate surface area is 150 Å². The minimum absolute atomic E-state index is 0.111. The third-order valence-corrected chi connectivity index (χ3v) is 3.66. The number of carbonyl (C=O) groups is 1. The lowest BCUT2D eigenvalue weighted by molar-refractivity contribution is -0.306. The van der Waals surface area contributed by atoms with Crippen molar-refractivity contribution in [2.75, 3.05) is 6.61 Å². The summed E-state index contributed by atoms with van der Waals surface area (Å²) in [6, 6.07) is 10.0. The molecule has 0 amide bonds. The van der Waals surface area contributed by atoms with Crippen LogP contribution >= 0.6 is 0 Å². The van der Waals surface area contributed by atoms with Gasteiger partial charge in [0.05, 0.1) is 31.8 Å². The lowest BCUT2D eigenvalue weighted by Crippen LogP contribution is -2.47. The average Bonchev–Trinajstić information content (AvgIpc) is 2.44. The van der Waals surface area contributed by atoms with Gasteiger partial charge in [0.15, 0.2) is 5.79 Å². The average molecular weight is 350 g/mol. The van der Waals surface area contributed by atoms with E-state index in [1.54, 1.807) is 0 Å². The summed E-state index contributed by atoms with van der Waals surface area (Å²) in [5, 5.41) is 0. The first-order valence-corrected chi connectivity index (χ1v) is 8.82. The van der Waals surface area contributed by atoms with Gasteiger partial charge in [-0.2, -0.15) is 0 Å². The van der Waals surface area contributed by atoms with Gasteiger partial charge in [-0.15, -0.1) is 0 Å². The van der Waals surface area contributed by atoms with E-state index in [4.69, 9.17) is 18.9 Å². The fourth-order valence-corrected chi connectivity index (χ4v) is 2.90. The molecule has 140 valence electrons. The van der Waals surface area contributed by atoms with Gasteiger partial charge in [0.25, 0.3) is 0 Å². The summed E-state index contributed by atoms with van der Waals surface area (Å²) >= 11 is 0. The lowest BCUT2D eigenvalue weighted by Gasteiger charge is -2.40. The molecule has 2 rings (SSSR count). The number of rotatable bonds is 6. The van der Waals surface area contributed by atoms with Crippen LogP contribution < -0.4 is 0 Å². The topological polar surface area (TPSA) is 54.0 Å². The third kappa shape index (κ3) is 7.55. The van der Waals surface area contributed by atoms with Crippen molar-refractivity contribution in [3.05, 3.63) is 35.9 Å². The Morgan fingerprint density at radius 2 is 1.80 bits per heavy atom. The van der Waals surface area contributed by atoms with Crippen molar-refractivity contribution in [3.8, 4) is 0 Å². The quantitative estimate of drug-likeness (QED) is 0.730. The molecule has 1 aliphatic heterocycles. The van der Waals surface area contributed by atoms with E-state index in [0.717, 1.165) is 5.56 Å². The van der Waals surface area contributed by atoms with Gasteiger partial charge in [-0.1, -0.05) is 30.3 Å². The van der Waals surface area contributed by atoms with Gasteiger partial charge in [-0.05, 0) is 40.2 Å². The molecule has 1 heterocycles. The molecule has 1 aliphatic rings. The van der Waals surface area contributed by atoms with E-state index in [-0.39, 0.29) is 24.6 Å². The number of hydrogen-bond donors (Lipinski definition) is 0. The molecule has 0 saturated carbocycles. The van der Waals surface area contributed by atoms with Crippen LogP contribution in [0.5, 0.6) is 0 Å². The monoisotopic (exact) mass is 350 g/mol. The smallest absolute Gasteiger partial charge is 0.308 e. The highest BCUT2D eigenvalue weighted by Gasteiger charge is 2.37. The molecule has 0 N–H and O–H groups in total. The van der Waals surface area contributed by atoms with Gasteiger partial charge in [-0.3, -0.25) is 4.79 Å². The predicted molar refractivity (Wildman–Crippen MR) is 95.0 cm³/mol. The molecule has 1 aromatic rings. The molecule has 25 heavy (non-hydrogen) atoms. The van der Waals surface area contributed by atoms with Gasteiger partial charge >= 0.3 is 5.97 Å². The van der Waals surface area contributed by atoms with Crippen LogP contribution in [0.1, 0.15) is 53.0 Å². The minimum Gasteiger partial charge on any atom is -0.460 e. The Morgan fingerprint density at radius 3 is 2.44 bits per heavy atom. The molecule has 0 aliphatic carbocycles. The summed E-state index contributed by atoms with van der Waals surface area (Å²) in [6.45, 7) is 10.3. The molecule has 0 aromatic heterocycles. The van der Waals surface area contributed by atoms with Crippen LogP contribution in [0.25, 0.3) is 0 Å². The second-order valence-corrected chi connectivity index (χ2v) is 7.91. The summed E-state index contributed by atoms with van der Waals surface area (Å²) < 4.78 is 23.0. The summed E-state index contributed by atoms with van der Waals surface area (Å²) in [7, 11) is 0. The van der Waals surface area contributed by atoms with E-state index < -0.39 is 11.4 Å². The van der Waals surface area contributed by atoms with Crippen LogP contribution in [0, 0.1) is 0 Å². The minimum atomic E-state index is -0.744. The second-order valence-electron chi connectivity index (χ2n) is 7.91. The highest BCUT2D eigenvalue weighted by Crippen LogP contribution is 2.29. The van der Waals surface area contributed by atoms with Crippen LogP contribution in [0.3, 0.4) is 0 Å². The molecule has 5 heteroatoms. The summed E-state index contributed by atoms with van der Waals surface area (Å²) in [4.78, 5) is 12.1. The van der Waals surface area contributed by atoms with Crippen molar-refractivity contribution in [1.29, 1.82) is 0 Å². The van der Waals surface area contributed by atoms with Crippen molar-refractivity contribution in [2.45, 2.75) is 77.7 Å². The van der Waals surface area contributed by atoms with Gasteiger partial charge in [0.2, 0.25) is 0 Å². The first-order valence-electron chi connectivity index (χ1n) is 8.82. The zero-order chi connectivity index (χ0) is 18.5. The predicted octanol–water partition coefficient (Wildman–Crippen LogP) is 3.85. The van der Waals surface area contributed by atoms with Crippen molar-refractivity contribution in [3.63, 3.8) is 0 Å². The van der Waals surface area contributed by atoms with Gasteiger partial charge < -0.3 is 18.9 Å². The summed E-state index contributed by atoms with van der Waals surface area (Å²) in [6.07, 6.45) is 0.486. The zero-order valence-corrected chi connectivity index (χ0v) is 15.9. The molecular formula is C20H30O5. The van der Waals surface area contributed by atoms with Crippen molar-refractivity contribution in [1.82, 2.24) is 0 Å². The normalized spacial score (nSPS) is 23.2. The Kier molecular flexibility index (Phi) is 6.60. The largest absolute Gasteiger partial charge is 0.460 e. The first kappa shape index (κ1) is 19.9. The maximum Gasteiger partial charge on any atom is 0.308 e. The number of hydrogen-bond acceptors (Lipinski definition) is 5. The third-order valence-electron chi connectivity index (χ3n) is 3.66. The zero-order valence-electron chi connectivity index (χ0n) is 15.9. The van der Waals surface area contributed by atoms with Gasteiger partial charge in [0.1, 0.15) is 5.60 Å². The van der Waals surface area contributed by atoms with E-state index in [9.17, 15) is 4.79 Å². The molecular weight excluding hydrogens is 320 g/mol. The van der Waals surface area contributed by atoms with Crippen molar-refractivity contribution >= 4 is 5.97 Å². The number of ether oxygens (including phenoxy) is 4. The molecule has 1 fully saturated rings. The number of esters is 1. The van der Waals surface area contributed by atoms with Crippen LogP contribution in [-0.2, 0) is 30.3 Å². The highest BCUT2D eigenvalue weighted by atomic mass is 16.7. The van der Waals surface area contributed by atoms with Crippen LogP contribution in [0.15, 0.2) is 30.3 Å². The maximum absolute atomic E-state index is 12.1. The van der Waals surface area contributed by atoms with E-state index in [1.807, 2.05) is 65.0 Å². The highest BCUT2D eigenvalue weighted by molar-refractivity contribution is 5.70. The summed E-state index contributed by atoms with van der Waals surface area (Å²) in [5.74, 6) is -0.995. The maximum atomic E-state index is 12.1. The fraction of sp³-hybridized carbons (Fsp3) is 0.650. The molecule has 1 aromatic carbocycles. The molecule has 1 saturated heterocycles. The van der Waals surface area contributed by atoms with Crippen molar-refractivity contribution < 1.29 is 23.7 Å². The van der Waals surface area contributed by atoms with Gasteiger partial charge in [0, 0.05) is 6.42 Å². The molecule has 0 radical (unpaired) electrons. The van der Waals surface area contributed by atoms with E-state index >= 15 is 0 Å². The fourth-order valence-electron chi connectivity index (χ4n) is 2.90. The van der Waals surface area contributed by atoms with Gasteiger partial charge in [-0.25, -0.2) is 0 Å². The Hall–Kier alpha value is -1.43. The number of carbonyl (C=O) groups excluding carboxylic acids is 1. The molecule has 1 unspecified atom stereocenters. The molecule has 0 bridgehead atoms. The first-order chi connectivity index (χ1) is 11.6. The standard InChI is InChI=1S/C20H30O5/c1-19(2,3)25-18(21)12-16-11-17(24-20(4,5)23-16)14-22-13-15-9-7-6-8-10-15/h6-10,16-17H,11-14H2,1-5H3/t16?,17-/m0/s1. The Bertz CT molecular complexity index is 547. The number of benzene rings is 1. The Balaban J connectivity index is 1.84. The summed E-state index contributed by atoms with van der Waals surface area (Å²) in [5.41, 5.74) is 0.634. The van der Waals surface area contributed by atoms with E-state index in [0.29, 0.717) is 19.6 Å². The van der Waals surface area contributed by atoms with Crippen LogP contribution in [-0.4, -0.2) is 36.2 Å². The van der Waals surface area contributed by atoms with Crippen LogP contribution in [0.2, 0.25) is 0 Å². The SMILES string of the molecule is CC(C)(C)OC(=O)CC1C[C@@H](COCc2ccccc2)OC(C)(C)O1.